The number of benzene rings is 2. The predicted molar refractivity (Wildman–Crippen MR) is 108 cm³/mol. The molecule has 150 valence electrons. The maximum absolute atomic E-state index is 12.2. The number of ether oxygens (including phenoxy) is 4. The molecule has 1 heterocycles. The number of esters is 1. The van der Waals surface area contributed by atoms with Crippen molar-refractivity contribution < 1.29 is 23.7 Å². The number of carbonyl (C=O) groups is 1. The van der Waals surface area contributed by atoms with E-state index in [0.29, 0.717) is 22.6 Å². The van der Waals surface area contributed by atoms with Crippen LogP contribution in [0, 0.1) is 18.3 Å². The van der Waals surface area contributed by atoms with Crippen molar-refractivity contribution in [3.8, 4) is 23.3 Å². The van der Waals surface area contributed by atoms with Gasteiger partial charge >= 0.3 is 5.97 Å². The van der Waals surface area contributed by atoms with Gasteiger partial charge in [-0.05, 0) is 43.7 Å². The molecule has 0 saturated carbocycles. The number of carbonyl (C=O) groups excluding carboxylic acids is 1. The van der Waals surface area contributed by atoms with E-state index in [4.69, 9.17) is 18.9 Å². The molecule has 3 aromatic rings. The molecule has 0 amide bonds. The van der Waals surface area contributed by atoms with Gasteiger partial charge in [0.1, 0.15) is 23.1 Å². The Labute approximate surface area is 169 Å². The molecule has 0 bridgehead atoms. The van der Waals surface area contributed by atoms with Crippen molar-refractivity contribution in [3.05, 3.63) is 53.2 Å². The summed E-state index contributed by atoms with van der Waals surface area (Å²) >= 11 is 0. The van der Waals surface area contributed by atoms with Crippen LogP contribution in [0.2, 0.25) is 0 Å². The van der Waals surface area contributed by atoms with E-state index in [1.807, 2.05) is 23.6 Å². The summed E-state index contributed by atoms with van der Waals surface area (Å²) in [7, 11) is 3.10. The number of hydrogen-bond donors (Lipinski definition) is 0. The second kappa shape index (κ2) is 8.67. The largest absolute Gasteiger partial charge is 0.496 e. The summed E-state index contributed by atoms with van der Waals surface area (Å²) < 4.78 is 23.0. The van der Waals surface area contributed by atoms with E-state index in [9.17, 15) is 10.1 Å². The summed E-state index contributed by atoms with van der Waals surface area (Å²) in [6.07, 6.45) is 1.75. The molecule has 0 radical (unpaired) electrons. The second-order valence-corrected chi connectivity index (χ2v) is 6.32. The first-order valence-corrected chi connectivity index (χ1v) is 9.07. The number of nitriles is 1. The molecule has 0 aliphatic rings. The Kier molecular flexibility index (Phi) is 6.05. The highest BCUT2D eigenvalue weighted by atomic mass is 16.7. The van der Waals surface area contributed by atoms with Gasteiger partial charge in [-0.3, -0.25) is 0 Å². The van der Waals surface area contributed by atoms with E-state index in [1.165, 1.54) is 7.11 Å². The van der Waals surface area contributed by atoms with Crippen molar-refractivity contribution in [2.45, 2.75) is 13.8 Å². The first kappa shape index (κ1) is 20.2. The zero-order chi connectivity index (χ0) is 21.0. The quantitative estimate of drug-likeness (QED) is 0.445. The van der Waals surface area contributed by atoms with E-state index in [-0.39, 0.29) is 13.4 Å². The molecule has 0 spiro atoms. The average molecular weight is 394 g/mol. The molecule has 7 nitrogen and oxygen atoms in total. The number of aryl methyl sites for hydroxylation is 1. The fourth-order valence-corrected chi connectivity index (χ4v) is 3.16. The molecule has 0 atom stereocenters. The van der Waals surface area contributed by atoms with Crippen molar-refractivity contribution in [2.75, 3.05) is 27.6 Å². The fraction of sp³-hybridized carbons (Fsp3) is 0.273. The molecule has 0 aliphatic heterocycles. The number of hydrogen-bond acceptors (Lipinski definition) is 6. The van der Waals surface area contributed by atoms with Gasteiger partial charge in [-0.15, -0.1) is 0 Å². The standard InChI is InChI=1S/C22H22N2O5/c1-5-28-22(25)17-7-6-16(9-21(17)29-13-26-3)24-12-15(11-23)18-10-20(27-4)14(2)8-19(18)24/h6-10,12H,5,13H2,1-4H3. The van der Waals surface area contributed by atoms with Gasteiger partial charge in [0.2, 0.25) is 0 Å². The summed E-state index contributed by atoms with van der Waals surface area (Å²) in [5, 5.41) is 10.4. The zero-order valence-electron chi connectivity index (χ0n) is 16.8. The van der Waals surface area contributed by atoms with Crippen LogP contribution in [0.4, 0.5) is 0 Å². The second-order valence-electron chi connectivity index (χ2n) is 6.32. The van der Waals surface area contributed by atoms with Crippen LogP contribution in [0.25, 0.3) is 16.6 Å². The maximum atomic E-state index is 12.2. The minimum Gasteiger partial charge on any atom is -0.496 e. The average Bonchev–Trinajstić information content (AvgIpc) is 3.08. The summed E-state index contributed by atoms with van der Waals surface area (Å²) in [5.74, 6) is 0.586. The Morgan fingerprint density at radius 2 is 1.97 bits per heavy atom. The molecule has 2 aromatic carbocycles. The summed E-state index contributed by atoms with van der Waals surface area (Å²) in [6.45, 7) is 3.94. The molecule has 0 N–H and O–H groups in total. The van der Waals surface area contributed by atoms with Gasteiger partial charge in [0.25, 0.3) is 0 Å². The van der Waals surface area contributed by atoms with Crippen LogP contribution in [0.5, 0.6) is 11.5 Å². The number of fused-ring (bicyclic) bond motifs is 1. The van der Waals surface area contributed by atoms with Crippen LogP contribution in [0.3, 0.4) is 0 Å². The first-order valence-electron chi connectivity index (χ1n) is 9.07. The lowest BCUT2D eigenvalue weighted by molar-refractivity contribution is 0.0438. The van der Waals surface area contributed by atoms with Gasteiger partial charge in [0.05, 0.1) is 24.8 Å². The number of nitrogens with zero attached hydrogens (tertiary/aromatic N) is 2. The molecule has 0 unspecified atom stereocenters. The Balaban J connectivity index is 2.17. The van der Waals surface area contributed by atoms with Gasteiger partial charge in [-0.1, -0.05) is 0 Å². The van der Waals surface area contributed by atoms with E-state index < -0.39 is 5.97 Å². The number of methoxy groups -OCH3 is 2. The highest BCUT2D eigenvalue weighted by Crippen LogP contribution is 2.32. The predicted octanol–water partition coefficient (Wildman–Crippen LogP) is 3.98. The Bertz CT molecular complexity index is 1090. The third-order valence-electron chi connectivity index (χ3n) is 4.51. The van der Waals surface area contributed by atoms with Crippen LogP contribution in [0.1, 0.15) is 28.4 Å². The maximum Gasteiger partial charge on any atom is 0.341 e. The van der Waals surface area contributed by atoms with Crippen molar-refractivity contribution in [1.82, 2.24) is 4.57 Å². The topological polar surface area (TPSA) is 82.7 Å². The lowest BCUT2D eigenvalue weighted by Crippen LogP contribution is -2.10. The first-order chi connectivity index (χ1) is 14.0. The summed E-state index contributed by atoms with van der Waals surface area (Å²) in [5.41, 5.74) is 3.36. The normalized spacial score (nSPS) is 10.6. The highest BCUT2D eigenvalue weighted by molar-refractivity contribution is 5.94. The number of aromatic nitrogens is 1. The Morgan fingerprint density at radius 3 is 2.62 bits per heavy atom. The van der Waals surface area contributed by atoms with Gasteiger partial charge in [0, 0.05) is 30.4 Å². The Hall–Kier alpha value is -3.50. The van der Waals surface area contributed by atoms with Gasteiger partial charge in [-0.25, -0.2) is 4.79 Å². The van der Waals surface area contributed by atoms with E-state index in [0.717, 1.165) is 22.2 Å². The van der Waals surface area contributed by atoms with Crippen LogP contribution in [0.15, 0.2) is 36.5 Å². The van der Waals surface area contributed by atoms with Crippen LogP contribution < -0.4 is 9.47 Å². The lowest BCUT2D eigenvalue weighted by atomic mass is 10.1. The molecule has 29 heavy (non-hydrogen) atoms. The van der Waals surface area contributed by atoms with E-state index in [2.05, 4.69) is 6.07 Å². The van der Waals surface area contributed by atoms with Gasteiger partial charge in [0.15, 0.2) is 6.79 Å². The molecule has 0 fully saturated rings. The van der Waals surface area contributed by atoms with Crippen molar-refractivity contribution in [1.29, 1.82) is 5.26 Å². The molecule has 3 rings (SSSR count). The highest BCUT2D eigenvalue weighted by Gasteiger charge is 2.18. The SMILES string of the molecule is CCOC(=O)c1ccc(-n2cc(C#N)c3cc(OC)c(C)cc32)cc1OCOC. The van der Waals surface area contributed by atoms with Crippen LogP contribution in [-0.4, -0.2) is 38.2 Å². The molecular weight excluding hydrogens is 372 g/mol. The molecule has 0 aliphatic carbocycles. The summed E-state index contributed by atoms with van der Waals surface area (Å²) in [4.78, 5) is 12.2. The molecule has 7 heteroatoms. The molecule has 1 aromatic heterocycles. The van der Waals surface area contributed by atoms with Crippen molar-refractivity contribution in [2.24, 2.45) is 0 Å². The fourth-order valence-electron chi connectivity index (χ4n) is 3.16. The van der Waals surface area contributed by atoms with Gasteiger partial charge in [-0.2, -0.15) is 5.26 Å². The minimum atomic E-state index is -0.471. The van der Waals surface area contributed by atoms with E-state index in [1.54, 1.807) is 38.4 Å². The lowest BCUT2D eigenvalue weighted by Gasteiger charge is -2.13. The number of rotatable bonds is 7. The van der Waals surface area contributed by atoms with Crippen molar-refractivity contribution >= 4 is 16.9 Å². The summed E-state index contributed by atoms with van der Waals surface area (Å²) in [6, 6.07) is 11.2. The third-order valence-corrected chi connectivity index (χ3v) is 4.51. The van der Waals surface area contributed by atoms with Crippen molar-refractivity contribution in [3.63, 3.8) is 0 Å². The molecular formula is C22H22N2O5. The van der Waals surface area contributed by atoms with Gasteiger partial charge < -0.3 is 23.5 Å². The van der Waals surface area contributed by atoms with Crippen LogP contribution in [-0.2, 0) is 9.47 Å². The smallest absolute Gasteiger partial charge is 0.341 e. The zero-order valence-corrected chi connectivity index (χ0v) is 16.8. The minimum absolute atomic E-state index is 0.0119. The Morgan fingerprint density at radius 1 is 1.17 bits per heavy atom. The monoisotopic (exact) mass is 394 g/mol. The van der Waals surface area contributed by atoms with E-state index >= 15 is 0 Å². The van der Waals surface area contributed by atoms with Crippen LogP contribution >= 0.6 is 0 Å². The molecule has 0 saturated heterocycles. The third kappa shape index (κ3) is 3.89.